The lowest BCUT2D eigenvalue weighted by Gasteiger charge is -2.12. The molecule has 0 saturated carbocycles. The smallest absolute Gasteiger partial charge is 0.0509 e. The minimum absolute atomic E-state index is 0.752. The number of fused-ring (bicyclic) bond motifs is 1. The van der Waals surface area contributed by atoms with E-state index in [2.05, 4.69) is 53.1 Å². The second-order valence-electron chi connectivity index (χ2n) is 5.78. The van der Waals surface area contributed by atoms with Gasteiger partial charge in [0.1, 0.15) is 0 Å². The number of hydrogen-bond donors (Lipinski definition) is 0. The van der Waals surface area contributed by atoms with Crippen LogP contribution >= 0.6 is 23.2 Å². The zero-order chi connectivity index (χ0) is 16.5. The fraction of sp³-hybridized carbons (Fsp3) is 0.0476. The second-order valence-corrected chi connectivity index (χ2v) is 6.62. The molecule has 4 rings (SSSR count). The second kappa shape index (κ2) is 6.35. The van der Waals surface area contributed by atoms with Gasteiger partial charge in [0.2, 0.25) is 0 Å². The first-order chi connectivity index (χ1) is 11.7. The van der Waals surface area contributed by atoms with E-state index in [9.17, 15) is 0 Å². The van der Waals surface area contributed by atoms with E-state index in [-0.39, 0.29) is 0 Å². The first-order valence-electron chi connectivity index (χ1n) is 7.80. The molecule has 1 aromatic heterocycles. The maximum absolute atomic E-state index is 6.45. The largest absolute Gasteiger partial charge is 0.336 e. The van der Waals surface area contributed by atoms with Crippen molar-refractivity contribution in [3.05, 3.63) is 94.5 Å². The van der Waals surface area contributed by atoms with Gasteiger partial charge in [0.15, 0.2) is 0 Å². The molecule has 0 N–H and O–H groups in total. The lowest BCUT2D eigenvalue weighted by Crippen LogP contribution is -2.01. The van der Waals surface area contributed by atoms with E-state index in [4.69, 9.17) is 23.2 Å². The molecule has 0 fully saturated rings. The molecule has 0 amide bonds. The fourth-order valence-corrected chi connectivity index (χ4v) is 3.40. The fourth-order valence-electron chi connectivity index (χ4n) is 3.05. The van der Waals surface area contributed by atoms with Crippen LogP contribution in [0.15, 0.2) is 78.9 Å². The summed E-state index contributed by atoms with van der Waals surface area (Å²) in [5.41, 5.74) is 4.57. The lowest BCUT2D eigenvalue weighted by molar-refractivity contribution is 0.845. The van der Waals surface area contributed by atoms with E-state index in [0.29, 0.717) is 0 Å². The Morgan fingerprint density at radius 2 is 1.46 bits per heavy atom. The van der Waals surface area contributed by atoms with Gasteiger partial charge in [-0.2, -0.15) is 0 Å². The van der Waals surface area contributed by atoms with E-state index in [1.165, 1.54) is 16.5 Å². The molecule has 1 heterocycles. The van der Waals surface area contributed by atoms with E-state index >= 15 is 0 Å². The summed E-state index contributed by atoms with van der Waals surface area (Å²) in [7, 11) is 0. The maximum Gasteiger partial charge on any atom is 0.0509 e. The van der Waals surface area contributed by atoms with Crippen LogP contribution in [0.3, 0.4) is 0 Å². The minimum atomic E-state index is 0.752. The van der Waals surface area contributed by atoms with Gasteiger partial charge in [0.25, 0.3) is 0 Å². The molecular weight excluding hydrogens is 337 g/mol. The molecule has 118 valence electrons. The van der Waals surface area contributed by atoms with Crippen molar-refractivity contribution in [1.82, 2.24) is 4.57 Å². The van der Waals surface area contributed by atoms with Gasteiger partial charge in [0.05, 0.1) is 5.69 Å². The molecule has 24 heavy (non-hydrogen) atoms. The van der Waals surface area contributed by atoms with Crippen molar-refractivity contribution in [2.24, 2.45) is 0 Å². The van der Waals surface area contributed by atoms with Crippen LogP contribution in [0.2, 0.25) is 10.0 Å². The molecule has 1 nitrogen and oxygen atoms in total. The Morgan fingerprint density at radius 1 is 0.750 bits per heavy atom. The summed E-state index contributed by atoms with van der Waals surface area (Å²) in [4.78, 5) is 0. The summed E-state index contributed by atoms with van der Waals surface area (Å²) in [6.45, 7) is 0.769. The molecule has 0 atom stereocenters. The number of nitrogens with zero attached hydrogens (tertiary/aromatic N) is 1. The van der Waals surface area contributed by atoms with Crippen LogP contribution in [0.25, 0.3) is 22.2 Å². The minimum Gasteiger partial charge on any atom is -0.336 e. The summed E-state index contributed by atoms with van der Waals surface area (Å²) in [5, 5.41) is 2.72. The average molecular weight is 352 g/mol. The van der Waals surface area contributed by atoms with Gasteiger partial charge in [-0.05, 0) is 35.9 Å². The Morgan fingerprint density at radius 3 is 2.25 bits per heavy atom. The number of hydrogen-bond acceptors (Lipinski definition) is 0. The van der Waals surface area contributed by atoms with Gasteiger partial charge >= 0.3 is 0 Å². The van der Waals surface area contributed by atoms with E-state index < -0.39 is 0 Å². The molecule has 0 bridgehead atoms. The Bertz CT molecular complexity index is 1000. The average Bonchev–Trinajstić information content (AvgIpc) is 2.96. The highest BCUT2D eigenvalue weighted by Gasteiger charge is 2.13. The van der Waals surface area contributed by atoms with Crippen molar-refractivity contribution in [2.45, 2.75) is 6.54 Å². The molecule has 0 unspecified atom stereocenters. The Kier molecular flexibility index (Phi) is 4.05. The molecule has 3 heteroatoms. The van der Waals surface area contributed by atoms with Crippen molar-refractivity contribution >= 4 is 34.1 Å². The van der Waals surface area contributed by atoms with Crippen molar-refractivity contribution in [3.63, 3.8) is 0 Å². The van der Waals surface area contributed by atoms with E-state index in [1.54, 1.807) is 0 Å². The van der Waals surface area contributed by atoms with Crippen LogP contribution < -0.4 is 0 Å². The predicted molar refractivity (Wildman–Crippen MR) is 103 cm³/mol. The van der Waals surface area contributed by atoms with E-state index in [0.717, 1.165) is 27.8 Å². The molecule has 0 spiro atoms. The molecule has 0 saturated heterocycles. The van der Waals surface area contributed by atoms with Crippen LogP contribution in [-0.2, 0) is 6.54 Å². The number of rotatable bonds is 3. The van der Waals surface area contributed by atoms with Crippen LogP contribution in [0.5, 0.6) is 0 Å². The molecule has 0 aliphatic rings. The molecule has 3 aromatic carbocycles. The Balaban J connectivity index is 1.90. The van der Waals surface area contributed by atoms with Gasteiger partial charge in [-0.3, -0.25) is 0 Å². The normalized spacial score (nSPS) is 11.1. The predicted octanol–water partition coefficient (Wildman–Crippen LogP) is 6.66. The number of halogens is 2. The van der Waals surface area contributed by atoms with Gasteiger partial charge in [-0.1, -0.05) is 71.7 Å². The summed E-state index contributed by atoms with van der Waals surface area (Å²) >= 11 is 12.5. The van der Waals surface area contributed by atoms with Gasteiger partial charge < -0.3 is 4.57 Å². The van der Waals surface area contributed by atoms with Crippen LogP contribution in [0.4, 0.5) is 0 Å². The highest BCUT2D eigenvalue weighted by atomic mass is 35.5. The maximum atomic E-state index is 6.45. The molecule has 0 aliphatic carbocycles. The molecule has 0 aliphatic heterocycles. The molecular formula is C21H15Cl2N. The van der Waals surface area contributed by atoms with Crippen molar-refractivity contribution in [1.29, 1.82) is 0 Å². The zero-order valence-electron chi connectivity index (χ0n) is 12.9. The summed E-state index contributed by atoms with van der Waals surface area (Å²) in [5.74, 6) is 0. The Labute approximate surface area is 151 Å². The molecule has 4 aromatic rings. The number of aromatic nitrogens is 1. The van der Waals surface area contributed by atoms with Crippen molar-refractivity contribution in [3.8, 4) is 11.3 Å². The van der Waals surface area contributed by atoms with Crippen LogP contribution in [-0.4, -0.2) is 4.57 Å². The van der Waals surface area contributed by atoms with Gasteiger partial charge in [-0.15, -0.1) is 0 Å². The highest BCUT2D eigenvalue weighted by molar-refractivity contribution is 6.33. The zero-order valence-corrected chi connectivity index (χ0v) is 14.4. The summed E-state index contributed by atoms with van der Waals surface area (Å²) in [6, 6.07) is 26.6. The first-order valence-corrected chi connectivity index (χ1v) is 8.55. The third-order valence-electron chi connectivity index (χ3n) is 4.21. The third-order valence-corrected chi connectivity index (χ3v) is 4.80. The lowest BCUT2D eigenvalue weighted by atomic mass is 10.1. The Hall–Kier alpha value is -2.22. The number of para-hydroxylation sites is 1. The van der Waals surface area contributed by atoms with Crippen LogP contribution in [0.1, 0.15) is 5.56 Å². The monoisotopic (exact) mass is 351 g/mol. The quantitative estimate of drug-likeness (QED) is 0.388. The highest BCUT2D eigenvalue weighted by Crippen LogP contribution is 2.33. The standard InChI is InChI=1S/C21H15Cl2N/c22-17-11-9-15(10-12-17)14-24-20-8-4-1-5-16(20)13-21(24)18-6-2-3-7-19(18)23/h1-13H,14H2. The van der Waals surface area contributed by atoms with Crippen LogP contribution in [0, 0.1) is 0 Å². The summed E-state index contributed by atoms with van der Waals surface area (Å²) < 4.78 is 2.31. The van der Waals surface area contributed by atoms with Crippen molar-refractivity contribution in [2.75, 3.05) is 0 Å². The molecule has 0 radical (unpaired) electrons. The summed E-state index contributed by atoms with van der Waals surface area (Å²) in [6.07, 6.45) is 0. The first kappa shape index (κ1) is 15.3. The van der Waals surface area contributed by atoms with Crippen molar-refractivity contribution < 1.29 is 0 Å². The van der Waals surface area contributed by atoms with Gasteiger partial charge in [0, 0.05) is 33.1 Å². The van der Waals surface area contributed by atoms with E-state index in [1.807, 2.05) is 30.3 Å². The van der Waals surface area contributed by atoms with Gasteiger partial charge in [-0.25, -0.2) is 0 Å². The number of benzene rings is 3. The SMILES string of the molecule is Clc1ccc(Cn2c(-c3ccccc3Cl)cc3ccccc32)cc1. The topological polar surface area (TPSA) is 4.93 Å². The third kappa shape index (κ3) is 2.82.